The normalized spacial score (nSPS) is 18.0. The highest BCUT2D eigenvalue weighted by molar-refractivity contribution is 7.10. The van der Waals surface area contributed by atoms with Gasteiger partial charge in [0.25, 0.3) is 0 Å². The highest BCUT2D eigenvalue weighted by Gasteiger charge is 2.29. The van der Waals surface area contributed by atoms with Crippen LogP contribution in [-0.2, 0) is 4.79 Å². The van der Waals surface area contributed by atoms with E-state index in [4.69, 9.17) is 0 Å². The molecule has 1 aromatic rings. The maximum Gasteiger partial charge on any atom is 0.226 e. The molecule has 1 unspecified atom stereocenters. The molecule has 2 rings (SSSR count). The van der Waals surface area contributed by atoms with Crippen molar-refractivity contribution in [3.63, 3.8) is 0 Å². The second-order valence-corrected chi connectivity index (χ2v) is 5.81. The van der Waals surface area contributed by atoms with Gasteiger partial charge in [0.2, 0.25) is 5.91 Å². The van der Waals surface area contributed by atoms with Gasteiger partial charge in [-0.2, -0.15) is 5.26 Å². The van der Waals surface area contributed by atoms with Gasteiger partial charge in [-0.05, 0) is 24.3 Å². The Balaban J connectivity index is 2.07. The first-order valence-electron chi connectivity index (χ1n) is 6.43. The summed E-state index contributed by atoms with van der Waals surface area (Å²) in [6.07, 6.45) is 5.47. The fourth-order valence-electron chi connectivity index (χ4n) is 2.55. The number of rotatable bonds is 3. The Hall–Kier alpha value is -1.34. The van der Waals surface area contributed by atoms with E-state index in [9.17, 15) is 10.1 Å². The third-order valence-electron chi connectivity index (χ3n) is 3.62. The zero-order valence-electron chi connectivity index (χ0n) is 10.6. The molecule has 0 aliphatic heterocycles. The van der Waals surface area contributed by atoms with Crippen LogP contribution in [0.2, 0.25) is 0 Å². The van der Waals surface area contributed by atoms with Gasteiger partial charge in [0.15, 0.2) is 6.04 Å². The van der Waals surface area contributed by atoms with Gasteiger partial charge < -0.3 is 4.90 Å². The minimum Gasteiger partial charge on any atom is -0.325 e. The van der Waals surface area contributed by atoms with Crippen molar-refractivity contribution in [2.24, 2.45) is 5.92 Å². The lowest BCUT2D eigenvalue weighted by molar-refractivity contribution is -0.136. The molecule has 1 atom stereocenters. The number of nitrogens with zero attached hydrogens (tertiary/aromatic N) is 2. The Labute approximate surface area is 112 Å². The molecule has 0 saturated heterocycles. The first-order valence-corrected chi connectivity index (χ1v) is 7.31. The van der Waals surface area contributed by atoms with Crippen LogP contribution < -0.4 is 0 Å². The van der Waals surface area contributed by atoms with Gasteiger partial charge in [0, 0.05) is 17.8 Å². The third kappa shape index (κ3) is 2.73. The zero-order chi connectivity index (χ0) is 13.0. The van der Waals surface area contributed by atoms with Crippen molar-refractivity contribution < 1.29 is 4.79 Å². The van der Waals surface area contributed by atoms with Crippen LogP contribution in [0.5, 0.6) is 0 Å². The lowest BCUT2D eigenvalue weighted by atomic mass is 9.88. The number of hydrogen-bond acceptors (Lipinski definition) is 3. The minimum atomic E-state index is -0.431. The van der Waals surface area contributed by atoms with Crippen LogP contribution in [0.15, 0.2) is 17.5 Å². The average molecular weight is 262 g/mol. The molecule has 1 fully saturated rings. The van der Waals surface area contributed by atoms with Gasteiger partial charge in [-0.25, -0.2) is 0 Å². The molecule has 1 aromatic heterocycles. The van der Waals surface area contributed by atoms with Crippen LogP contribution in [0, 0.1) is 17.2 Å². The molecule has 18 heavy (non-hydrogen) atoms. The second-order valence-electron chi connectivity index (χ2n) is 4.83. The Morgan fingerprint density at radius 1 is 1.50 bits per heavy atom. The monoisotopic (exact) mass is 262 g/mol. The first kappa shape index (κ1) is 13.1. The fraction of sp³-hybridized carbons (Fsp3) is 0.571. The summed E-state index contributed by atoms with van der Waals surface area (Å²) in [6, 6.07) is 5.65. The molecule has 3 nitrogen and oxygen atoms in total. The van der Waals surface area contributed by atoms with Gasteiger partial charge >= 0.3 is 0 Å². The molecule has 0 aromatic carbocycles. The molecule has 4 heteroatoms. The van der Waals surface area contributed by atoms with E-state index < -0.39 is 6.04 Å². The van der Waals surface area contributed by atoms with Crippen molar-refractivity contribution in [2.75, 3.05) is 7.05 Å². The molecule has 0 N–H and O–H groups in total. The Morgan fingerprint density at radius 2 is 2.22 bits per heavy atom. The summed E-state index contributed by atoms with van der Waals surface area (Å²) in [5, 5.41) is 11.2. The Kier molecular flexibility index (Phi) is 4.38. The average Bonchev–Trinajstić information content (AvgIpc) is 2.93. The SMILES string of the molecule is CN(C(=O)C1CCCCC1)C(C#N)c1cccs1. The molecule has 0 radical (unpaired) electrons. The van der Waals surface area contributed by atoms with E-state index in [1.54, 1.807) is 11.9 Å². The number of amides is 1. The van der Waals surface area contributed by atoms with E-state index in [2.05, 4.69) is 6.07 Å². The summed E-state index contributed by atoms with van der Waals surface area (Å²) in [6.45, 7) is 0. The summed E-state index contributed by atoms with van der Waals surface area (Å²) < 4.78 is 0. The van der Waals surface area contributed by atoms with Crippen molar-refractivity contribution in [1.29, 1.82) is 5.26 Å². The molecule has 1 saturated carbocycles. The lowest BCUT2D eigenvalue weighted by Gasteiger charge is -2.28. The summed E-state index contributed by atoms with van der Waals surface area (Å²) in [4.78, 5) is 14.9. The van der Waals surface area contributed by atoms with Crippen LogP contribution in [-0.4, -0.2) is 17.9 Å². The van der Waals surface area contributed by atoms with Crippen molar-refractivity contribution in [3.05, 3.63) is 22.4 Å². The van der Waals surface area contributed by atoms with E-state index in [-0.39, 0.29) is 11.8 Å². The quantitative estimate of drug-likeness (QED) is 0.838. The predicted octanol–water partition coefficient (Wildman–Crippen LogP) is 3.35. The van der Waals surface area contributed by atoms with Gasteiger partial charge in [-0.15, -0.1) is 11.3 Å². The molecular formula is C14H18N2OS. The fourth-order valence-corrected chi connectivity index (χ4v) is 3.36. The van der Waals surface area contributed by atoms with Gasteiger partial charge in [-0.1, -0.05) is 25.3 Å². The van der Waals surface area contributed by atoms with E-state index in [1.165, 1.54) is 17.8 Å². The second kappa shape index (κ2) is 6.01. The maximum atomic E-state index is 12.4. The van der Waals surface area contributed by atoms with E-state index in [1.807, 2.05) is 17.5 Å². The van der Waals surface area contributed by atoms with Crippen molar-refractivity contribution in [3.8, 4) is 6.07 Å². The van der Waals surface area contributed by atoms with Crippen molar-refractivity contribution >= 4 is 17.2 Å². The standard InChI is InChI=1S/C14H18N2OS/c1-16(12(10-15)13-8-5-9-18-13)14(17)11-6-3-2-4-7-11/h5,8-9,11-12H,2-4,6-7H2,1H3. The number of hydrogen-bond donors (Lipinski definition) is 0. The molecule has 1 heterocycles. The lowest BCUT2D eigenvalue weighted by Crippen LogP contribution is -2.36. The van der Waals surface area contributed by atoms with Gasteiger partial charge in [0.05, 0.1) is 6.07 Å². The van der Waals surface area contributed by atoms with Crippen molar-refractivity contribution in [1.82, 2.24) is 4.90 Å². The highest BCUT2D eigenvalue weighted by Crippen LogP contribution is 2.29. The van der Waals surface area contributed by atoms with Crippen LogP contribution in [0.1, 0.15) is 43.0 Å². The highest BCUT2D eigenvalue weighted by atomic mass is 32.1. The summed E-state index contributed by atoms with van der Waals surface area (Å²) in [7, 11) is 1.75. The molecular weight excluding hydrogens is 244 g/mol. The first-order chi connectivity index (χ1) is 8.74. The van der Waals surface area contributed by atoms with Crippen LogP contribution in [0.4, 0.5) is 0 Å². The minimum absolute atomic E-state index is 0.125. The van der Waals surface area contributed by atoms with Crippen molar-refractivity contribution in [2.45, 2.75) is 38.1 Å². The summed E-state index contributed by atoms with van der Waals surface area (Å²) >= 11 is 1.53. The topological polar surface area (TPSA) is 44.1 Å². The largest absolute Gasteiger partial charge is 0.325 e. The number of thiophene rings is 1. The van der Waals surface area contributed by atoms with Crippen LogP contribution in [0.3, 0.4) is 0 Å². The smallest absolute Gasteiger partial charge is 0.226 e. The Morgan fingerprint density at radius 3 is 2.78 bits per heavy atom. The molecule has 1 aliphatic rings. The zero-order valence-corrected chi connectivity index (χ0v) is 11.4. The number of nitriles is 1. The predicted molar refractivity (Wildman–Crippen MR) is 72.0 cm³/mol. The van der Waals surface area contributed by atoms with Crippen LogP contribution in [0.25, 0.3) is 0 Å². The maximum absolute atomic E-state index is 12.4. The molecule has 96 valence electrons. The third-order valence-corrected chi connectivity index (χ3v) is 4.55. The van der Waals surface area contributed by atoms with E-state index >= 15 is 0 Å². The van der Waals surface area contributed by atoms with E-state index in [0.29, 0.717) is 0 Å². The molecule has 0 spiro atoms. The molecule has 0 bridgehead atoms. The summed E-state index contributed by atoms with van der Waals surface area (Å²) in [5.74, 6) is 0.259. The van der Waals surface area contributed by atoms with Crippen LogP contribution >= 0.6 is 11.3 Å². The number of carbonyl (C=O) groups is 1. The number of carbonyl (C=O) groups excluding carboxylic acids is 1. The summed E-state index contributed by atoms with van der Waals surface area (Å²) in [5.41, 5.74) is 0. The van der Waals surface area contributed by atoms with Gasteiger partial charge in [-0.3, -0.25) is 4.79 Å². The molecule has 1 aliphatic carbocycles. The Bertz CT molecular complexity index is 429. The van der Waals surface area contributed by atoms with E-state index in [0.717, 1.165) is 30.6 Å². The van der Waals surface area contributed by atoms with Gasteiger partial charge in [0.1, 0.15) is 0 Å². The molecule has 1 amide bonds.